The zero-order valence-corrected chi connectivity index (χ0v) is 14.4. The number of likely N-dealkylation sites (tertiary alicyclic amines) is 1. The molecule has 0 radical (unpaired) electrons. The van der Waals surface area contributed by atoms with Crippen LogP contribution in [0.4, 0.5) is 13.6 Å². The molecule has 1 aliphatic heterocycles. The van der Waals surface area contributed by atoms with E-state index in [0.717, 1.165) is 6.20 Å². The number of aliphatic hydroxyl groups is 1. The lowest BCUT2D eigenvalue weighted by atomic mass is 10.2. The largest absolute Gasteiger partial charge is 0.444 e. The molecule has 140 valence electrons. The van der Waals surface area contributed by atoms with Crippen molar-refractivity contribution in [3.8, 4) is 0 Å². The summed E-state index contributed by atoms with van der Waals surface area (Å²) >= 11 is 0. The summed E-state index contributed by atoms with van der Waals surface area (Å²) < 4.78 is 34.9. The molecule has 1 fully saturated rings. The van der Waals surface area contributed by atoms with Gasteiger partial charge in [-0.2, -0.15) is 0 Å². The number of ether oxygens (including phenoxy) is 1. The van der Waals surface area contributed by atoms with E-state index in [2.05, 4.69) is 0 Å². The summed E-state index contributed by atoms with van der Waals surface area (Å²) in [5, 5.41) is 9.42. The molecule has 0 unspecified atom stereocenters. The number of carbonyl (C=O) groups is 1. The van der Waals surface area contributed by atoms with Gasteiger partial charge in [-0.1, -0.05) is 0 Å². The smallest absolute Gasteiger partial charge is 0.412 e. The number of nitrogens with zero attached hydrogens (tertiary/aromatic N) is 2. The van der Waals surface area contributed by atoms with Gasteiger partial charge in [0.25, 0.3) is 11.5 Å². The fourth-order valence-corrected chi connectivity index (χ4v) is 2.74. The van der Waals surface area contributed by atoms with Gasteiger partial charge >= 0.3 is 11.8 Å². The summed E-state index contributed by atoms with van der Waals surface area (Å²) in [6.07, 6.45) is -2.96. The van der Waals surface area contributed by atoms with Crippen molar-refractivity contribution in [2.75, 3.05) is 6.61 Å². The first kappa shape index (κ1) is 19.1. The topological polar surface area (TPSA) is 105 Å². The number of H-pyrrole nitrogens is 1. The summed E-state index contributed by atoms with van der Waals surface area (Å²) in [6, 6.07) is -1.23. The molecule has 0 bridgehead atoms. The summed E-state index contributed by atoms with van der Waals surface area (Å²) in [6.45, 7) is 5.33. The van der Waals surface area contributed by atoms with Gasteiger partial charge in [-0.15, -0.1) is 0 Å². The molecule has 1 amide bonds. The average molecular weight is 361 g/mol. The Morgan fingerprint density at radius 2 is 2.04 bits per heavy atom. The minimum Gasteiger partial charge on any atom is -0.444 e. The van der Waals surface area contributed by atoms with Crippen LogP contribution in [-0.2, 0) is 4.74 Å². The number of hydrogen-bond donors (Lipinski definition) is 2. The molecule has 0 aliphatic carbocycles. The molecule has 1 aromatic rings. The molecule has 1 aromatic heterocycles. The van der Waals surface area contributed by atoms with Gasteiger partial charge in [0.05, 0.1) is 12.6 Å². The van der Waals surface area contributed by atoms with Crippen molar-refractivity contribution in [1.82, 2.24) is 14.5 Å². The third-order valence-electron chi connectivity index (χ3n) is 3.77. The Hall–Kier alpha value is -2.23. The second kappa shape index (κ2) is 6.25. The van der Waals surface area contributed by atoms with Gasteiger partial charge in [-0.05, 0) is 27.7 Å². The number of rotatable bonds is 2. The number of halogens is 2. The minimum atomic E-state index is -3.50. The van der Waals surface area contributed by atoms with E-state index >= 15 is 0 Å². The Morgan fingerprint density at radius 3 is 2.56 bits per heavy atom. The Morgan fingerprint density at radius 1 is 1.44 bits per heavy atom. The van der Waals surface area contributed by atoms with Crippen molar-refractivity contribution in [2.45, 2.75) is 57.8 Å². The van der Waals surface area contributed by atoms with Crippen LogP contribution in [0.25, 0.3) is 0 Å². The van der Waals surface area contributed by atoms with E-state index in [1.807, 2.05) is 4.98 Å². The highest BCUT2D eigenvalue weighted by atomic mass is 19.3. The molecule has 0 spiro atoms. The first-order chi connectivity index (χ1) is 11.4. The van der Waals surface area contributed by atoms with Crippen LogP contribution >= 0.6 is 0 Å². The third kappa shape index (κ3) is 3.73. The van der Waals surface area contributed by atoms with Crippen LogP contribution in [-0.4, -0.2) is 49.8 Å². The van der Waals surface area contributed by atoms with Gasteiger partial charge in [0.1, 0.15) is 5.60 Å². The van der Waals surface area contributed by atoms with E-state index in [9.17, 15) is 28.3 Å². The minimum absolute atomic E-state index is 0.0342. The Labute approximate surface area is 142 Å². The zero-order valence-electron chi connectivity index (χ0n) is 14.4. The number of aryl methyl sites for hydroxylation is 1. The second-order valence-corrected chi connectivity index (χ2v) is 7.04. The van der Waals surface area contributed by atoms with Crippen molar-refractivity contribution >= 4 is 6.09 Å². The molecule has 25 heavy (non-hydrogen) atoms. The van der Waals surface area contributed by atoms with Gasteiger partial charge < -0.3 is 9.84 Å². The van der Waals surface area contributed by atoms with Crippen LogP contribution in [0.5, 0.6) is 0 Å². The Bertz CT molecular complexity index is 781. The second-order valence-electron chi connectivity index (χ2n) is 7.04. The molecule has 2 atom stereocenters. The van der Waals surface area contributed by atoms with Crippen LogP contribution in [0.2, 0.25) is 0 Å². The summed E-state index contributed by atoms with van der Waals surface area (Å²) in [7, 11) is 0. The fourth-order valence-electron chi connectivity index (χ4n) is 2.74. The highest BCUT2D eigenvalue weighted by Gasteiger charge is 2.58. The zero-order chi connectivity index (χ0) is 19.2. The number of nitrogens with one attached hydrogen (secondary N) is 1. The molecule has 8 nitrogen and oxygen atoms in total. The van der Waals surface area contributed by atoms with E-state index in [0.29, 0.717) is 9.47 Å². The maximum atomic E-state index is 14.6. The van der Waals surface area contributed by atoms with E-state index in [1.165, 1.54) is 6.92 Å². The highest BCUT2D eigenvalue weighted by Crippen LogP contribution is 2.44. The molecule has 1 aliphatic rings. The standard InChI is InChI=1S/C15H21F2N3O5/c1-8-6-19(12(23)18-10(8)22)11-15(16,17)5-9(7-21)20(11)13(24)25-14(2,3)4/h6,9,11,21H,5,7H2,1-4H3,(H,18,22,23)/t9-,11-/m0/s1. The van der Waals surface area contributed by atoms with Crippen molar-refractivity contribution in [1.29, 1.82) is 0 Å². The average Bonchev–Trinajstić information content (AvgIpc) is 2.72. The lowest BCUT2D eigenvalue weighted by Gasteiger charge is -2.33. The van der Waals surface area contributed by atoms with Crippen molar-refractivity contribution in [2.24, 2.45) is 0 Å². The molecule has 2 N–H and O–H groups in total. The number of aromatic nitrogens is 2. The van der Waals surface area contributed by atoms with Gasteiger partial charge in [0.2, 0.25) is 0 Å². The summed E-state index contributed by atoms with van der Waals surface area (Å²) in [5.41, 5.74) is -2.70. The molecule has 0 saturated carbocycles. The van der Waals surface area contributed by atoms with E-state index < -0.39 is 54.1 Å². The molecular weight excluding hydrogens is 340 g/mol. The molecule has 1 saturated heterocycles. The monoisotopic (exact) mass is 361 g/mol. The number of amides is 1. The molecule has 0 aromatic carbocycles. The SMILES string of the molecule is Cc1cn([C@H]2N(C(=O)OC(C)(C)C)[C@H](CO)CC2(F)F)c(=O)[nH]c1=O. The van der Waals surface area contributed by atoms with Gasteiger partial charge in [-0.3, -0.25) is 19.2 Å². The summed E-state index contributed by atoms with van der Waals surface area (Å²) in [4.78, 5) is 38.6. The van der Waals surface area contributed by atoms with E-state index in [4.69, 9.17) is 4.74 Å². The Balaban J connectivity index is 2.58. The lowest BCUT2D eigenvalue weighted by molar-refractivity contribution is -0.0710. The number of hydrogen-bond acceptors (Lipinski definition) is 5. The fraction of sp³-hybridized carbons (Fsp3) is 0.667. The number of aliphatic hydroxyl groups excluding tert-OH is 1. The molecule has 2 heterocycles. The predicted molar refractivity (Wildman–Crippen MR) is 83.6 cm³/mol. The number of carbonyl (C=O) groups excluding carboxylic acids is 1. The maximum absolute atomic E-state index is 14.6. The van der Waals surface area contributed by atoms with Gasteiger partial charge in [-0.25, -0.2) is 18.4 Å². The molecular formula is C15H21F2N3O5. The van der Waals surface area contributed by atoms with Crippen LogP contribution in [0, 0.1) is 6.92 Å². The number of aromatic amines is 1. The Kier molecular flexibility index (Phi) is 4.77. The normalized spacial score (nSPS) is 22.9. The van der Waals surface area contributed by atoms with Crippen LogP contribution in [0.3, 0.4) is 0 Å². The van der Waals surface area contributed by atoms with Crippen LogP contribution in [0.1, 0.15) is 38.9 Å². The quantitative estimate of drug-likeness (QED) is 0.817. The predicted octanol–water partition coefficient (Wildman–Crippen LogP) is 0.981. The highest BCUT2D eigenvalue weighted by molar-refractivity contribution is 5.69. The molecule has 2 rings (SSSR count). The van der Waals surface area contributed by atoms with E-state index in [1.54, 1.807) is 20.8 Å². The van der Waals surface area contributed by atoms with Gasteiger partial charge in [0.15, 0.2) is 6.17 Å². The van der Waals surface area contributed by atoms with Crippen LogP contribution < -0.4 is 11.2 Å². The lowest BCUT2D eigenvalue weighted by Crippen LogP contribution is -2.49. The third-order valence-corrected chi connectivity index (χ3v) is 3.77. The first-order valence-corrected chi connectivity index (χ1v) is 7.69. The van der Waals surface area contributed by atoms with Gasteiger partial charge in [0, 0.05) is 18.2 Å². The van der Waals surface area contributed by atoms with Crippen molar-refractivity contribution < 1.29 is 23.4 Å². The molecule has 10 heteroatoms. The number of alkyl halides is 2. The summed E-state index contributed by atoms with van der Waals surface area (Å²) in [5.74, 6) is -3.50. The maximum Gasteiger partial charge on any atom is 0.412 e. The van der Waals surface area contributed by atoms with Crippen molar-refractivity contribution in [3.63, 3.8) is 0 Å². The van der Waals surface area contributed by atoms with E-state index in [-0.39, 0.29) is 5.56 Å². The van der Waals surface area contributed by atoms with Crippen LogP contribution in [0.15, 0.2) is 15.8 Å². The van der Waals surface area contributed by atoms with Crippen molar-refractivity contribution in [3.05, 3.63) is 32.6 Å². The first-order valence-electron chi connectivity index (χ1n) is 7.69.